The van der Waals surface area contributed by atoms with E-state index in [0.717, 1.165) is 34.3 Å². The largest absolute Gasteiger partial charge is 0.496 e. The van der Waals surface area contributed by atoms with Crippen molar-refractivity contribution in [2.75, 3.05) is 7.11 Å². The molecule has 0 spiro atoms. The summed E-state index contributed by atoms with van der Waals surface area (Å²) >= 11 is 3.49. The first-order chi connectivity index (χ1) is 9.69. The summed E-state index contributed by atoms with van der Waals surface area (Å²) in [6.45, 7) is 3.03. The summed E-state index contributed by atoms with van der Waals surface area (Å²) in [5.41, 5.74) is 4.93. The number of methoxy groups -OCH3 is 1. The quantitative estimate of drug-likeness (QED) is 0.627. The molecule has 20 heavy (non-hydrogen) atoms. The van der Waals surface area contributed by atoms with Crippen molar-refractivity contribution >= 4 is 15.9 Å². The van der Waals surface area contributed by atoms with Crippen molar-refractivity contribution in [3.05, 3.63) is 46.2 Å². The van der Waals surface area contributed by atoms with Crippen molar-refractivity contribution in [2.24, 2.45) is 5.84 Å². The predicted molar refractivity (Wildman–Crippen MR) is 82.4 cm³/mol. The number of hydrogen-bond acceptors (Lipinski definition) is 4. The highest BCUT2D eigenvalue weighted by molar-refractivity contribution is 9.10. The number of nitrogens with one attached hydrogen (secondary N) is 1. The summed E-state index contributed by atoms with van der Waals surface area (Å²) in [4.78, 5) is 0. The zero-order valence-corrected chi connectivity index (χ0v) is 13.2. The van der Waals surface area contributed by atoms with Gasteiger partial charge >= 0.3 is 0 Å². The molecule has 2 aromatic rings. The summed E-state index contributed by atoms with van der Waals surface area (Å²) in [5.74, 6) is 6.50. The van der Waals surface area contributed by atoms with Crippen LogP contribution in [0.2, 0.25) is 0 Å². The van der Waals surface area contributed by atoms with Crippen molar-refractivity contribution in [3.63, 3.8) is 0 Å². The van der Waals surface area contributed by atoms with Crippen molar-refractivity contribution in [2.45, 2.75) is 25.9 Å². The number of aryl methyl sites for hydroxylation is 1. The molecule has 0 aliphatic heterocycles. The average molecular weight is 339 g/mol. The molecule has 0 amide bonds. The Morgan fingerprint density at radius 1 is 1.45 bits per heavy atom. The van der Waals surface area contributed by atoms with Gasteiger partial charge in [-0.05, 0) is 40.0 Å². The van der Waals surface area contributed by atoms with Crippen LogP contribution in [0.4, 0.5) is 0 Å². The minimum absolute atomic E-state index is 0.0946. The normalized spacial score (nSPS) is 12.4. The van der Waals surface area contributed by atoms with Crippen LogP contribution >= 0.6 is 15.9 Å². The monoisotopic (exact) mass is 338 g/mol. The number of ether oxygens (including phenoxy) is 1. The fourth-order valence-electron chi connectivity index (χ4n) is 2.13. The molecule has 0 fully saturated rings. The van der Waals surface area contributed by atoms with Crippen LogP contribution in [-0.4, -0.2) is 16.9 Å². The van der Waals surface area contributed by atoms with Gasteiger partial charge in [0.1, 0.15) is 5.75 Å². The maximum Gasteiger partial charge on any atom is 0.133 e. The van der Waals surface area contributed by atoms with Crippen LogP contribution in [0.5, 0.6) is 5.75 Å². The Hall–Kier alpha value is -1.37. The minimum atomic E-state index is -0.0946. The standard InChI is InChI=1S/C14H19BrN4O/c1-3-6-19-9-11(8-17-19)14(18-16)10-4-5-13(20-2)12(15)7-10/h4-5,7-9,14,18H,3,6,16H2,1-2H3. The summed E-state index contributed by atoms with van der Waals surface area (Å²) in [6.07, 6.45) is 4.92. The molecule has 0 bridgehead atoms. The maximum absolute atomic E-state index is 5.71. The third-order valence-corrected chi connectivity index (χ3v) is 3.73. The Labute approximate surface area is 127 Å². The van der Waals surface area contributed by atoms with Gasteiger partial charge in [0.2, 0.25) is 0 Å². The molecule has 0 saturated carbocycles. The van der Waals surface area contributed by atoms with Gasteiger partial charge in [0.15, 0.2) is 0 Å². The zero-order chi connectivity index (χ0) is 14.5. The molecule has 108 valence electrons. The predicted octanol–water partition coefficient (Wildman–Crippen LogP) is 2.62. The van der Waals surface area contributed by atoms with Crippen LogP contribution in [0.15, 0.2) is 35.1 Å². The first kappa shape index (κ1) is 15.0. The summed E-state index contributed by atoms with van der Waals surface area (Å²) in [6, 6.07) is 5.81. The molecular weight excluding hydrogens is 320 g/mol. The Morgan fingerprint density at radius 3 is 2.85 bits per heavy atom. The van der Waals surface area contributed by atoms with Gasteiger partial charge < -0.3 is 4.74 Å². The van der Waals surface area contributed by atoms with E-state index in [1.807, 2.05) is 35.3 Å². The van der Waals surface area contributed by atoms with Crippen LogP contribution in [0.3, 0.4) is 0 Å². The van der Waals surface area contributed by atoms with Gasteiger partial charge in [0.25, 0.3) is 0 Å². The van der Waals surface area contributed by atoms with Crippen molar-refractivity contribution in [3.8, 4) is 5.75 Å². The maximum atomic E-state index is 5.71. The highest BCUT2D eigenvalue weighted by Gasteiger charge is 2.15. The molecular formula is C14H19BrN4O. The van der Waals surface area contributed by atoms with Crippen LogP contribution < -0.4 is 16.0 Å². The van der Waals surface area contributed by atoms with E-state index in [1.54, 1.807) is 7.11 Å². The molecule has 6 heteroatoms. The number of nitrogens with zero attached hydrogens (tertiary/aromatic N) is 2. The average Bonchev–Trinajstić information content (AvgIpc) is 2.89. The van der Waals surface area contributed by atoms with Crippen molar-refractivity contribution in [1.29, 1.82) is 0 Å². The lowest BCUT2D eigenvalue weighted by Crippen LogP contribution is -2.28. The smallest absolute Gasteiger partial charge is 0.133 e. The van der Waals surface area contributed by atoms with Crippen LogP contribution in [0.1, 0.15) is 30.5 Å². The lowest BCUT2D eigenvalue weighted by atomic mass is 10.0. The highest BCUT2D eigenvalue weighted by atomic mass is 79.9. The second-order valence-corrected chi connectivity index (χ2v) is 5.38. The van der Waals surface area contributed by atoms with Gasteiger partial charge in [0.05, 0.1) is 23.8 Å². The van der Waals surface area contributed by atoms with Gasteiger partial charge in [-0.25, -0.2) is 5.43 Å². The Balaban J connectivity index is 2.28. The van der Waals surface area contributed by atoms with Gasteiger partial charge in [-0.2, -0.15) is 5.10 Å². The molecule has 0 radical (unpaired) electrons. The molecule has 1 atom stereocenters. The van der Waals surface area contributed by atoms with Gasteiger partial charge in [-0.1, -0.05) is 13.0 Å². The van der Waals surface area contributed by atoms with E-state index in [4.69, 9.17) is 10.6 Å². The fraction of sp³-hybridized carbons (Fsp3) is 0.357. The molecule has 0 aliphatic rings. The molecule has 1 aromatic carbocycles. The van der Waals surface area contributed by atoms with E-state index >= 15 is 0 Å². The SMILES string of the molecule is CCCn1cc(C(NN)c2ccc(OC)c(Br)c2)cn1. The number of rotatable bonds is 6. The number of nitrogens with two attached hydrogens (primary N) is 1. The summed E-state index contributed by atoms with van der Waals surface area (Å²) in [7, 11) is 1.65. The molecule has 0 saturated heterocycles. The summed E-state index contributed by atoms with van der Waals surface area (Å²) < 4.78 is 8.07. The Bertz CT molecular complexity index is 570. The lowest BCUT2D eigenvalue weighted by molar-refractivity contribution is 0.411. The highest BCUT2D eigenvalue weighted by Crippen LogP contribution is 2.30. The van der Waals surface area contributed by atoms with Gasteiger partial charge in [-0.15, -0.1) is 0 Å². The molecule has 5 nitrogen and oxygen atoms in total. The van der Waals surface area contributed by atoms with Gasteiger partial charge in [0, 0.05) is 18.3 Å². The van der Waals surface area contributed by atoms with E-state index < -0.39 is 0 Å². The molecule has 3 N–H and O–H groups in total. The first-order valence-electron chi connectivity index (χ1n) is 6.51. The molecule has 1 heterocycles. The van der Waals surface area contributed by atoms with Crippen LogP contribution in [0.25, 0.3) is 0 Å². The van der Waals surface area contributed by atoms with Crippen LogP contribution in [0, 0.1) is 0 Å². The molecule has 1 unspecified atom stereocenters. The number of benzene rings is 1. The second-order valence-electron chi connectivity index (χ2n) is 4.53. The number of hydrazine groups is 1. The molecule has 0 aliphatic carbocycles. The lowest BCUT2D eigenvalue weighted by Gasteiger charge is -2.16. The van der Waals surface area contributed by atoms with E-state index in [1.165, 1.54) is 0 Å². The summed E-state index contributed by atoms with van der Waals surface area (Å²) in [5, 5.41) is 4.34. The first-order valence-corrected chi connectivity index (χ1v) is 7.30. The third-order valence-electron chi connectivity index (χ3n) is 3.12. The van der Waals surface area contributed by atoms with E-state index in [0.29, 0.717) is 0 Å². The van der Waals surface area contributed by atoms with E-state index in [9.17, 15) is 0 Å². The van der Waals surface area contributed by atoms with Crippen molar-refractivity contribution in [1.82, 2.24) is 15.2 Å². The number of aromatic nitrogens is 2. The second kappa shape index (κ2) is 6.88. The Morgan fingerprint density at radius 2 is 2.25 bits per heavy atom. The Kier molecular flexibility index (Phi) is 5.17. The van der Waals surface area contributed by atoms with E-state index in [-0.39, 0.29) is 6.04 Å². The minimum Gasteiger partial charge on any atom is -0.496 e. The molecule has 1 aromatic heterocycles. The number of halogens is 1. The van der Waals surface area contributed by atoms with Crippen molar-refractivity contribution < 1.29 is 4.74 Å². The topological polar surface area (TPSA) is 65.1 Å². The third kappa shape index (κ3) is 3.20. The van der Waals surface area contributed by atoms with Gasteiger partial charge in [-0.3, -0.25) is 10.5 Å². The number of hydrogen-bond donors (Lipinski definition) is 2. The zero-order valence-electron chi connectivity index (χ0n) is 11.6. The van der Waals surface area contributed by atoms with Crippen LogP contribution in [-0.2, 0) is 6.54 Å². The van der Waals surface area contributed by atoms with E-state index in [2.05, 4.69) is 33.4 Å². The fourth-order valence-corrected chi connectivity index (χ4v) is 2.69. The molecule has 2 rings (SSSR count).